The molecule has 3 rings (SSSR count). The van der Waals surface area contributed by atoms with Crippen molar-refractivity contribution in [2.75, 3.05) is 0 Å². The zero-order chi connectivity index (χ0) is 19.1. The molecule has 136 valence electrons. The van der Waals surface area contributed by atoms with Gasteiger partial charge in [-0.3, -0.25) is 9.10 Å². The van der Waals surface area contributed by atoms with Gasteiger partial charge in [-0.2, -0.15) is 0 Å². The third-order valence-corrected chi connectivity index (χ3v) is 7.01. The minimum absolute atomic E-state index is 0.0965. The monoisotopic (exact) mass is 433 g/mol. The second-order valence-electron chi connectivity index (χ2n) is 7.00. The molecule has 0 spiro atoms. The van der Waals surface area contributed by atoms with Gasteiger partial charge in [0.25, 0.3) is 10.0 Å². The lowest BCUT2D eigenvalue weighted by molar-refractivity contribution is -0.125. The van der Waals surface area contributed by atoms with Crippen LogP contribution in [0.5, 0.6) is 0 Å². The van der Waals surface area contributed by atoms with Crippen molar-refractivity contribution in [2.24, 2.45) is 5.41 Å². The number of benzene rings is 2. The average Bonchev–Trinajstić information content (AvgIpc) is 2.58. The van der Waals surface area contributed by atoms with Gasteiger partial charge >= 0.3 is 0 Å². The Kier molecular flexibility index (Phi) is 4.84. The Morgan fingerprint density at radius 3 is 2.15 bits per heavy atom. The summed E-state index contributed by atoms with van der Waals surface area (Å²) >= 11 is 3.40. The van der Waals surface area contributed by atoms with Crippen LogP contribution in [0.15, 0.2) is 70.2 Å². The maximum Gasteiger partial charge on any atom is 0.264 e. The molecule has 6 heteroatoms. The lowest BCUT2D eigenvalue weighted by Gasteiger charge is -2.42. The van der Waals surface area contributed by atoms with Crippen molar-refractivity contribution in [3.05, 3.63) is 76.4 Å². The van der Waals surface area contributed by atoms with Crippen LogP contribution in [0.3, 0.4) is 0 Å². The van der Waals surface area contributed by atoms with Gasteiger partial charge in [-0.15, -0.1) is 0 Å². The van der Waals surface area contributed by atoms with Crippen molar-refractivity contribution in [1.29, 1.82) is 0 Å². The first kappa shape index (κ1) is 18.9. The molecule has 1 unspecified atom stereocenters. The van der Waals surface area contributed by atoms with E-state index >= 15 is 0 Å². The van der Waals surface area contributed by atoms with Crippen LogP contribution in [0, 0.1) is 12.3 Å². The molecular formula is C20H20BrNO3S. The predicted molar refractivity (Wildman–Crippen MR) is 105 cm³/mol. The summed E-state index contributed by atoms with van der Waals surface area (Å²) < 4.78 is 28.8. The zero-order valence-corrected chi connectivity index (χ0v) is 17.2. The lowest BCUT2D eigenvalue weighted by atomic mass is 9.75. The van der Waals surface area contributed by atoms with Crippen LogP contribution in [0.1, 0.15) is 31.0 Å². The van der Waals surface area contributed by atoms with Gasteiger partial charge in [-0.05, 0) is 42.8 Å². The zero-order valence-electron chi connectivity index (χ0n) is 14.8. The molecule has 0 bridgehead atoms. The summed E-state index contributed by atoms with van der Waals surface area (Å²) in [6.07, 6.45) is 2.73. The third-order valence-electron chi connectivity index (χ3n) is 4.73. The molecule has 26 heavy (non-hydrogen) atoms. The van der Waals surface area contributed by atoms with E-state index in [-0.39, 0.29) is 10.7 Å². The Morgan fingerprint density at radius 1 is 1.00 bits per heavy atom. The van der Waals surface area contributed by atoms with E-state index < -0.39 is 21.5 Å². The summed E-state index contributed by atoms with van der Waals surface area (Å²) in [7, 11) is -3.80. The van der Waals surface area contributed by atoms with Crippen molar-refractivity contribution < 1.29 is 13.2 Å². The number of allylic oxidation sites excluding steroid dienone is 1. The first-order chi connectivity index (χ1) is 12.1. The second kappa shape index (κ2) is 6.67. The first-order valence-electron chi connectivity index (χ1n) is 8.22. The highest BCUT2D eigenvalue weighted by atomic mass is 79.9. The summed E-state index contributed by atoms with van der Waals surface area (Å²) in [5, 5.41) is 0. The third kappa shape index (κ3) is 3.23. The highest BCUT2D eigenvalue weighted by Crippen LogP contribution is 2.45. The quantitative estimate of drug-likeness (QED) is 0.709. The molecule has 1 aliphatic heterocycles. The molecule has 0 aliphatic carbocycles. The smallest absolute Gasteiger partial charge is 0.264 e. The highest BCUT2D eigenvalue weighted by molar-refractivity contribution is 9.10. The van der Waals surface area contributed by atoms with E-state index in [0.717, 1.165) is 15.6 Å². The minimum Gasteiger partial charge on any atom is -0.294 e. The Labute approximate surface area is 162 Å². The summed E-state index contributed by atoms with van der Waals surface area (Å²) in [6.45, 7) is 5.47. The molecule has 2 aromatic rings. The van der Waals surface area contributed by atoms with Crippen LogP contribution in [-0.4, -0.2) is 18.5 Å². The van der Waals surface area contributed by atoms with Gasteiger partial charge in [0, 0.05) is 10.7 Å². The minimum atomic E-state index is -3.80. The highest BCUT2D eigenvalue weighted by Gasteiger charge is 2.46. The van der Waals surface area contributed by atoms with E-state index in [9.17, 15) is 13.2 Å². The molecule has 0 amide bonds. The summed E-state index contributed by atoms with van der Waals surface area (Å²) in [5.41, 5.74) is 0.866. The molecule has 0 saturated carbocycles. The largest absolute Gasteiger partial charge is 0.294 e. The van der Waals surface area contributed by atoms with E-state index in [1.807, 2.05) is 31.2 Å². The maximum absolute atomic E-state index is 13.3. The maximum atomic E-state index is 13.3. The second-order valence-corrected chi connectivity index (χ2v) is 9.76. The van der Waals surface area contributed by atoms with Crippen molar-refractivity contribution in [2.45, 2.75) is 31.7 Å². The Morgan fingerprint density at radius 2 is 1.58 bits per heavy atom. The molecule has 0 N–H and O–H groups in total. The Bertz CT molecular complexity index is 961. The van der Waals surface area contributed by atoms with Crippen LogP contribution in [0.25, 0.3) is 0 Å². The summed E-state index contributed by atoms with van der Waals surface area (Å²) in [4.78, 5) is 12.7. The fourth-order valence-electron chi connectivity index (χ4n) is 3.15. The van der Waals surface area contributed by atoms with Crippen LogP contribution in [0.2, 0.25) is 0 Å². The molecule has 1 aliphatic rings. The number of rotatable bonds is 3. The van der Waals surface area contributed by atoms with E-state index in [4.69, 9.17) is 0 Å². The molecule has 0 aromatic heterocycles. The predicted octanol–water partition coefficient (Wildman–Crippen LogP) is 4.61. The molecule has 1 heterocycles. The van der Waals surface area contributed by atoms with Crippen LogP contribution < -0.4 is 0 Å². The SMILES string of the molecule is Cc1ccc(S(=O)(=O)N2C=CC(=O)C(C)(C)C2c2ccc(Br)cc2)cc1. The number of ketones is 1. The molecule has 4 nitrogen and oxygen atoms in total. The number of carbonyl (C=O) groups excluding carboxylic acids is 1. The number of hydrogen-bond donors (Lipinski definition) is 0. The van der Waals surface area contributed by atoms with Gasteiger partial charge in [0.1, 0.15) is 0 Å². The lowest BCUT2D eigenvalue weighted by Crippen LogP contribution is -2.45. The summed E-state index contributed by atoms with van der Waals surface area (Å²) in [5.74, 6) is -0.0965. The number of nitrogens with zero attached hydrogens (tertiary/aromatic N) is 1. The van der Waals surface area contributed by atoms with Gasteiger partial charge in [-0.25, -0.2) is 8.42 Å². The molecule has 0 saturated heterocycles. The van der Waals surface area contributed by atoms with Crippen LogP contribution in [0.4, 0.5) is 0 Å². The molecule has 2 aromatic carbocycles. The van der Waals surface area contributed by atoms with Crippen LogP contribution in [-0.2, 0) is 14.8 Å². The topological polar surface area (TPSA) is 54.5 Å². The van der Waals surface area contributed by atoms with Crippen molar-refractivity contribution in [1.82, 2.24) is 4.31 Å². The molecule has 1 atom stereocenters. The normalized spacial score (nSPS) is 19.6. The Balaban J connectivity index is 2.16. The number of carbonyl (C=O) groups is 1. The molecule has 0 radical (unpaired) electrons. The average molecular weight is 434 g/mol. The number of aryl methyl sites for hydroxylation is 1. The van der Waals surface area contributed by atoms with Crippen molar-refractivity contribution in [3.63, 3.8) is 0 Å². The van der Waals surface area contributed by atoms with Gasteiger partial charge < -0.3 is 0 Å². The van der Waals surface area contributed by atoms with E-state index in [1.54, 1.807) is 38.1 Å². The van der Waals surface area contributed by atoms with Crippen LogP contribution >= 0.6 is 15.9 Å². The van der Waals surface area contributed by atoms with Gasteiger partial charge in [0.15, 0.2) is 5.78 Å². The van der Waals surface area contributed by atoms with E-state index in [2.05, 4.69) is 15.9 Å². The summed E-state index contributed by atoms with van der Waals surface area (Å²) in [6, 6.07) is 13.5. The Hall–Kier alpha value is -1.92. The number of hydrogen-bond acceptors (Lipinski definition) is 3. The standard InChI is InChI=1S/C20H20BrNO3S/c1-14-4-10-17(11-5-14)26(24,25)22-13-12-18(23)20(2,3)19(22)15-6-8-16(21)9-7-15/h4-13,19H,1-3H3. The van der Waals surface area contributed by atoms with Gasteiger partial charge in [0.2, 0.25) is 0 Å². The fraction of sp³-hybridized carbons (Fsp3) is 0.250. The van der Waals surface area contributed by atoms with Crippen molar-refractivity contribution >= 4 is 31.7 Å². The number of sulfonamides is 1. The van der Waals surface area contributed by atoms with E-state index in [1.165, 1.54) is 16.6 Å². The van der Waals surface area contributed by atoms with Gasteiger partial charge in [-0.1, -0.05) is 59.6 Å². The fourth-order valence-corrected chi connectivity index (χ4v) is 5.03. The van der Waals surface area contributed by atoms with Gasteiger partial charge in [0.05, 0.1) is 16.4 Å². The number of halogens is 1. The molecule has 0 fully saturated rings. The molecular weight excluding hydrogens is 414 g/mol. The van der Waals surface area contributed by atoms with Crippen molar-refractivity contribution in [3.8, 4) is 0 Å². The van der Waals surface area contributed by atoms with E-state index in [0.29, 0.717) is 0 Å². The first-order valence-corrected chi connectivity index (χ1v) is 10.5.